The van der Waals surface area contributed by atoms with Crippen molar-refractivity contribution < 1.29 is 8.81 Å². The number of hydrogen-bond acceptors (Lipinski definition) is 3. The Labute approximate surface area is 126 Å². The van der Waals surface area contributed by atoms with Crippen LogP contribution in [0.3, 0.4) is 0 Å². The van der Waals surface area contributed by atoms with Crippen LogP contribution in [0.15, 0.2) is 46.9 Å². The van der Waals surface area contributed by atoms with Crippen LogP contribution in [0.5, 0.6) is 0 Å². The van der Waals surface area contributed by atoms with Crippen LogP contribution in [0.4, 0.5) is 4.39 Å². The van der Waals surface area contributed by atoms with Gasteiger partial charge in [-0.1, -0.05) is 29.3 Å². The number of nitrogens with one attached hydrogen (secondary N) is 1. The Balaban J connectivity index is 2.14. The number of nitrogens with two attached hydrogens (primary N) is 1. The molecule has 21 heavy (non-hydrogen) atoms. The Hall–Kier alpha value is -1.88. The van der Waals surface area contributed by atoms with Crippen molar-refractivity contribution in [2.45, 2.75) is 13.0 Å². The number of hydrazine groups is 1. The summed E-state index contributed by atoms with van der Waals surface area (Å²) in [6.45, 7) is 2.00. The molecule has 0 fully saturated rings. The first-order valence-corrected chi connectivity index (χ1v) is 6.88. The molecule has 1 aromatic heterocycles. The Morgan fingerprint density at radius 1 is 1.24 bits per heavy atom. The zero-order chi connectivity index (χ0) is 15.0. The summed E-state index contributed by atoms with van der Waals surface area (Å²) in [5, 5.41) is 1.24. The second-order valence-corrected chi connectivity index (χ2v) is 5.33. The van der Waals surface area contributed by atoms with E-state index in [2.05, 4.69) is 5.43 Å². The maximum absolute atomic E-state index is 14.1. The van der Waals surface area contributed by atoms with Gasteiger partial charge >= 0.3 is 0 Å². The van der Waals surface area contributed by atoms with Crippen LogP contribution in [0.1, 0.15) is 22.9 Å². The van der Waals surface area contributed by atoms with Crippen molar-refractivity contribution >= 4 is 22.6 Å². The molecule has 0 saturated carbocycles. The third-order valence-electron chi connectivity index (χ3n) is 3.43. The minimum atomic E-state index is -0.647. The van der Waals surface area contributed by atoms with Gasteiger partial charge in [-0.3, -0.25) is 5.84 Å². The van der Waals surface area contributed by atoms with Crippen molar-refractivity contribution in [1.29, 1.82) is 0 Å². The van der Waals surface area contributed by atoms with Crippen molar-refractivity contribution in [3.63, 3.8) is 0 Å². The van der Waals surface area contributed by atoms with Gasteiger partial charge in [0, 0.05) is 16.0 Å². The molecule has 0 saturated heterocycles. The molecule has 0 aliphatic carbocycles. The van der Waals surface area contributed by atoms with E-state index < -0.39 is 11.9 Å². The third-order valence-corrected chi connectivity index (χ3v) is 3.76. The molecule has 0 amide bonds. The molecule has 1 heterocycles. The molecule has 0 aliphatic heterocycles. The normalized spacial score (nSPS) is 12.8. The second kappa shape index (κ2) is 5.48. The Morgan fingerprint density at radius 2 is 2.05 bits per heavy atom. The molecular weight excluding hydrogens is 291 g/mol. The molecule has 0 spiro atoms. The van der Waals surface area contributed by atoms with Crippen LogP contribution in [-0.2, 0) is 0 Å². The molecule has 0 bridgehead atoms. The maximum atomic E-state index is 14.1. The fourth-order valence-electron chi connectivity index (χ4n) is 2.42. The lowest BCUT2D eigenvalue weighted by Gasteiger charge is -2.16. The molecule has 3 N–H and O–H groups in total. The summed E-state index contributed by atoms with van der Waals surface area (Å²) in [5.41, 5.74) is 4.70. The first-order valence-electron chi connectivity index (χ1n) is 6.50. The molecule has 3 aromatic rings. The molecule has 0 radical (unpaired) electrons. The SMILES string of the molecule is Cc1ccc2oc(C(NN)c3c(F)cccc3Cl)cc2c1. The summed E-state index contributed by atoms with van der Waals surface area (Å²) in [6.07, 6.45) is 0. The lowest BCUT2D eigenvalue weighted by molar-refractivity contribution is 0.463. The van der Waals surface area contributed by atoms with Gasteiger partial charge in [-0.05, 0) is 37.3 Å². The van der Waals surface area contributed by atoms with E-state index in [9.17, 15) is 4.39 Å². The molecule has 5 heteroatoms. The van der Waals surface area contributed by atoms with Gasteiger partial charge in [0.25, 0.3) is 0 Å². The average molecular weight is 305 g/mol. The third kappa shape index (κ3) is 2.53. The van der Waals surface area contributed by atoms with E-state index in [0.29, 0.717) is 10.8 Å². The maximum Gasteiger partial charge on any atom is 0.134 e. The average Bonchev–Trinajstić information content (AvgIpc) is 2.85. The van der Waals surface area contributed by atoms with Gasteiger partial charge in [-0.2, -0.15) is 0 Å². The van der Waals surface area contributed by atoms with Crippen molar-refractivity contribution in [3.8, 4) is 0 Å². The highest BCUT2D eigenvalue weighted by molar-refractivity contribution is 6.31. The number of hydrogen-bond donors (Lipinski definition) is 2. The Morgan fingerprint density at radius 3 is 2.76 bits per heavy atom. The molecule has 1 atom stereocenters. The van der Waals surface area contributed by atoms with Crippen molar-refractivity contribution in [2.24, 2.45) is 5.84 Å². The van der Waals surface area contributed by atoms with Gasteiger partial charge in [-0.25, -0.2) is 9.82 Å². The highest BCUT2D eigenvalue weighted by Crippen LogP contribution is 2.33. The van der Waals surface area contributed by atoms with Gasteiger partial charge in [0.05, 0.1) is 0 Å². The van der Waals surface area contributed by atoms with Crippen molar-refractivity contribution in [2.75, 3.05) is 0 Å². The number of halogens is 2. The zero-order valence-electron chi connectivity index (χ0n) is 11.4. The molecule has 2 aromatic carbocycles. The number of fused-ring (bicyclic) bond motifs is 1. The van der Waals surface area contributed by atoms with E-state index in [4.69, 9.17) is 21.9 Å². The van der Waals surface area contributed by atoms with Crippen molar-refractivity contribution in [3.05, 3.63) is 70.2 Å². The lowest BCUT2D eigenvalue weighted by Crippen LogP contribution is -2.29. The van der Waals surface area contributed by atoms with E-state index in [1.807, 2.05) is 31.2 Å². The van der Waals surface area contributed by atoms with Crippen LogP contribution < -0.4 is 11.3 Å². The Bertz CT molecular complexity index is 780. The van der Waals surface area contributed by atoms with Crippen LogP contribution in [-0.4, -0.2) is 0 Å². The fourth-order valence-corrected chi connectivity index (χ4v) is 2.69. The number of furan rings is 1. The van der Waals surface area contributed by atoms with Gasteiger partial charge in [-0.15, -0.1) is 0 Å². The van der Waals surface area contributed by atoms with Gasteiger partial charge in [0.2, 0.25) is 0 Å². The standard InChI is InChI=1S/C16H14ClFN2O/c1-9-5-6-13-10(7-9)8-14(21-13)16(20-19)15-11(17)3-2-4-12(15)18/h2-8,16,20H,19H2,1H3. The number of aryl methyl sites for hydroxylation is 1. The predicted molar refractivity (Wildman–Crippen MR) is 81.5 cm³/mol. The highest BCUT2D eigenvalue weighted by atomic mass is 35.5. The summed E-state index contributed by atoms with van der Waals surface area (Å²) in [7, 11) is 0. The van der Waals surface area contributed by atoms with E-state index in [0.717, 1.165) is 16.5 Å². The predicted octanol–water partition coefficient (Wildman–Crippen LogP) is 4.09. The van der Waals surface area contributed by atoms with Crippen LogP contribution in [0, 0.1) is 12.7 Å². The molecule has 0 aliphatic rings. The van der Waals surface area contributed by atoms with Crippen molar-refractivity contribution in [1.82, 2.24) is 5.43 Å². The quantitative estimate of drug-likeness (QED) is 0.566. The number of rotatable bonds is 3. The smallest absolute Gasteiger partial charge is 0.134 e. The number of benzene rings is 2. The minimum Gasteiger partial charge on any atom is -0.459 e. The Kier molecular flexibility index (Phi) is 3.68. The van der Waals surface area contributed by atoms with E-state index in [1.165, 1.54) is 6.07 Å². The monoisotopic (exact) mass is 304 g/mol. The van der Waals surface area contributed by atoms with Crippen LogP contribution in [0.25, 0.3) is 11.0 Å². The fraction of sp³-hybridized carbons (Fsp3) is 0.125. The summed E-state index contributed by atoms with van der Waals surface area (Å²) in [6, 6.07) is 11.5. The molecule has 1 unspecified atom stereocenters. The first-order chi connectivity index (χ1) is 10.1. The summed E-state index contributed by atoms with van der Waals surface area (Å²) in [5.74, 6) is 5.68. The second-order valence-electron chi connectivity index (χ2n) is 4.93. The highest BCUT2D eigenvalue weighted by Gasteiger charge is 2.23. The molecular formula is C16H14ClFN2O. The van der Waals surface area contributed by atoms with Crippen LogP contribution in [0.2, 0.25) is 5.02 Å². The first kappa shape index (κ1) is 14.1. The van der Waals surface area contributed by atoms with E-state index >= 15 is 0 Å². The summed E-state index contributed by atoms with van der Waals surface area (Å²) >= 11 is 6.10. The minimum absolute atomic E-state index is 0.275. The van der Waals surface area contributed by atoms with Crippen LogP contribution >= 0.6 is 11.6 Å². The molecule has 3 rings (SSSR count). The molecule has 3 nitrogen and oxygen atoms in total. The largest absolute Gasteiger partial charge is 0.459 e. The topological polar surface area (TPSA) is 51.2 Å². The molecule has 108 valence electrons. The lowest BCUT2D eigenvalue weighted by atomic mass is 10.0. The van der Waals surface area contributed by atoms with E-state index in [1.54, 1.807) is 12.1 Å². The summed E-state index contributed by atoms with van der Waals surface area (Å²) < 4.78 is 19.8. The summed E-state index contributed by atoms with van der Waals surface area (Å²) in [4.78, 5) is 0. The van der Waals surface area contributed by atoms with Gasteiger partial charge in [0.15, 0.2) is 0 Å². The van der Waals surface area contributed by atoms with Gasteiger partial charge < -0.3 is 4.42 Å². The zero-order valence-corrected chi connectivity index (χ0v) is 12.1. The van der Waals surface area contributed by atoms with Gasteiger partial charge in [0.1, 0.15) is 23.2 Å². The van der Waals surface area contributed by atoms with E-state index in [-0.39, 0.29) is 5.56 Å².